The molecule has 0 N–H and O–H groups in total. The minimum absolute atomic E-state index is 0.350. The number of rotatable bonds is 4. The Kier molecular flexibility index (Phi) is 4.27. The standard InChI is InChI=1S/C9H14N2O3S/c1-14-8-9-2-5-11(6-3-9)15(12,13)7-4-10/h2H,3,5-8H2,1H3. The Morgan fingerprint density at radius 1 is 1.67 bits per heavy atom. The molecule has 1 rings (SSSR count). The number of nitriles is 1. The highest BCUT2D eigenvalue weighted by Crippen LogP contribution is 2.14. The van der Waals surface area contributed by atoms with E-state index in [-0.39, 0.29) is 0 Å². The minimum Gasteiger partial charge on any atom is -0.380 e. The highest BCUT2D eigenvalue weighted by Gasteiger charge is 2.23. The fraction of sp³-hybridized carbons (Fsp3) is 0.667. The van der Waals surface area contributed by atoms with E-state index in [9.17, 15) is 8.42 Å². The predicted molar refractivity (Wildman–Crippen MR) is 55.5 cm³/mol. The fourth-order valence-corrected chi connectivity index (χ4v) is 2.45. The molecular weight excluding hydrogens is 216 g/mol. The van der Waals surface area contributed by atoms with Gasteiger partial charge in [-0.2, -0.15) is 9.57 Å². The van der Waals surface area contributed by atoms with Crippen LogP contribution in [0.4, 0.5) is 0 Å². The summed E-state index contributed by atoms with van der Waals surface area (Å²) in [5.74, 6) is -0.444. The van der Waals surface area contributed by atoms with Gasteiger partial charge in [-0.3, -0.25) is 0 Å². The zero-order valence-corrected chi connectivity index (χ0v) is 9.46. The molecule has 0 saturated carbocycles. The highest BCUT2D eigenvalue weighted by atomic mass is 32.2. The Labute approximate surface area is 90.0 Å². The lowest BCUT2D eigenvalue weighted by Gasteiger charge is -2.24. The van der Waals surface area contributed by atoms with Crippen LogP contribution in [-0.4, -0.2) is 45.3 Å². The molecule has 0 atom stereocenters. The molecule has 0 bridgehead atoms. The Balaban J connectivity index is 2.62. The molecule has 0 amide bonds. The second kappa shape index (κ2) is 5.26. The van der Waals surface area contributed by atoms with Crippen LogP contribution in [0.3, 0.4) is 0 Å². The lowest BCUT2D eigenvalue weighted by Crippen LogP contribution is -2.36. The maximum Gasteiger partial charge on any atom is 0.227 e. The molecule has 0 saturated heterocycles. The molecule has 0 radical (unpaired) electrons. The Bertz CT molecular complexity index is 381. The Morgan fingerprint density at radius 3 is 2.87 bits per heavy atom. The van der Waals surface area contributed by atoms with Gasteiger partial charge in [-0.25, -0.2) is 8.42 Å². The molecule has 1 heterocycles. The number of hydrogen-bond acceptors (Lipinski definition) is 4. The first-order valence-corrected chi connectivity index (χ1v) is 6.22. The van der Waals surface area contributed by atoms with Gasteiger partial charge < -0.3 is 4.74 Å². The summed E-state index contributed by atoms with van der Waals surface area (Å²) in [6.07, 6.45) is 2.53. The third kappa shape index (κ3) is 3.30. The first-order chi connectivity index (χ1) is 7.10. The first-order valence-electron chi connectivity index (χ1n) is 4.62. The number of hydrogen-bond donors (Lipinski definition) is 0. The van der Waals surface area contributed by atoms with E-state index in [4.69, 9.17) is 10.00 Å². The van der Waals surface area contributed by atoms with Gasteiger partial charge in [0, 0.05) is 20.2 Å². The van der Waals surface area contributed by atoms with E-state index < -0.39 is 15.8 Å². The molecule has 0 fully saturated rings. The molecule has 0 aromatic rings. The molecule has 6 heteroatoms. The van der Waals surface area contributed by atoms with E-state index in [2.05, 4.69) is 0 Å². The van der Waals surface area contributed by atoms with Crippen molar-refractivity contribution in [3.63, 3.8) is 0 Å². The van der Waals surface area contributed by atoms with Crippen molar-refractivity contribution in [2.75, 3.05) is 32.6 Å². The van der Waals surface area contributed by atoms with Crippen LogP contribution in [0.15, 0.2) is 11.6 Å². The molecule has 15 heavy (non-hydrogen) atoms. The molecule has 0 aliphatic carbocycles. The monoisotopic (exact) mass is 230 g/mol. The molecule has 1 aliphatic rings. The smallest absolute Gasteiger partial charge is 0.227 e. The van der Waals surface area contributed by atoms with Crippen LogP contribution in [0.5, 0.6) is 0 Å². The zero-order chi connectivity index (χ0) is 11.3. The van der Waals surface area contributed by atoms with Crippen LogP contribution in [-0.2, 0) is 14.8 Å². The fourth-order valence-electron chi connectivity index (χ4n) is 1.43. The second-order valence-electron chi connectivity index (χ2n) is 3.32. The molecule has 84 valence electrons. The van der Waals surface area contributed by atoms with E-state index >= 15 is 0 Å². The van der Waals surface area contributed by atoms with Gasteiger partial charge in [-0.05, 0) is 12.0 Å². The zero-order valence-electron chi connectivity index (χ0n) is 8.64. The van der Waals surface area contributed by atoms with Crippen LogP contribution >= 0.6 is 0 Å². The quantitative estimate of drug-likeness (QED) is 0.643. The third-order valence-corrected chi connectivity index (χ3v) is 3.85. The number of methoxy groups -OCH3 is 1. The van der Waals surface area contributed by atoms with Crippen LogP contribution in [0, 0.1) is 11.3 Å². The Morgan fingerprint density at radius 2 is 2.40 bits per heavy atom. The van der Waals surface area contributed by atoms with Crippen molar-refractivity contribution in [1.29, 1.82) is 5.26 Å². The van der Waals surface area contributed by atoms with E-state index in [1.165, 1.54) is 4.31 Å². The van der Waals surface area contributed by atoms with E-state index in [1.807, 2.05) is 6.08 Å². The van der Waals surface area contributed by atoms with Crippen molar-refractivity contribution in [2.45, 2.75) is 6.42 Å². The first kappa shape index (κ1) is 12.2. The van der Waals surface area contributed by atoms with Gasteiger partial charge in [0.25, 0.3) is 0 Å². The van der Waals surface area contributed by atoms with Gasteiger partial charge in [0.15, 0.2) is 5.75 Å². The molecular formula is C9H14N2O3S. The highest BCUT2D eigenvalue weighted by molar-refractivity contribution is 7.89. The largest absolute Gasteiger partial charge is 0.380 e. The molecule has 0 aromatic heterocycles. The second-order valence-corrected chi connectivity index (χ2v) is 5.29. The van der Waals surface area contributed by atoms with Crippen LogP contribution in [0.2, 0.25) is 0 Å². The summed E-state index contributed by atoms with van der Waals surface area (Å²) in [7, 11) is -1.77. The van der Waals surface area contributed by atoms with E-state index in [0.29, 0.717) is 26.1 Å². The topological polar surface area (TPSA) is 70.4 Å². The summed E-state index contributed by atoms with van der Waals surface area (Å²) in [5, 5.41) is 8.38. The minimum atomic E-state index is -3.38. The maximum absolute atomic E-state index is 11.5. The Hall–Kier alpha value is -0.900. The van der Waals surface area contributed by atoms with Gasteiger partial charge in [-0.1, -0.05) is 6.08 Å². The normalized spacial score (nSPS) is 18.3. The van der Waals surface area contributed by atoms with Crippen LogP contribution in [0.25, 0.3) is 0 Å². The maximum atomic E-state index is 11.5. The number of sulfonamides is 1. The van der Waals surface area contributed by atoms with Crippen molar-refractivity contribution in [1.82, 2.24) is 4.31 Å². The van der Waals surface area contributed by atoms with Crippen LogP contribution < -0.4 is 0 Å². The summed E-state index contributed by atoms with van der Waals surface area (Å²) >= 11 is 0. The number of ether oxygens (including phenoxy) is 1. The van der Waals surface area contributed by atoms with Gasteiger partial charge in [-0.15, -0.1) is 0 Å². The van der Waals surface area contributed by atoms with Crippen molar-refractivity contribution < 1.29 is 13.2 Å². The van der Waals surface area contributed by atoms with Crippen LogP contribution in [0.1, 0.15) is 6.42 Å². The SMILES string of the molecule is COCC1=CCN(S(=O)(=O)CC#N)CC1. The molecule has 0 unspecified atom stereocenters. The predicted octanol–water partition coefficient (Wildman–Crippen LogP) is 0.118. The van der Waals surface area contributed by atoms with Gasteiger partial charge >= 0.3 is 0 Å². The summed E-state index contributed by atoms with van der Waals surface area (Å²) in [6, 6.07) is 1.67. The third-order valence-electron chi connectivity index (χ3n) is 2.24. The molecule has 5 nitrogen and oxygen atoms in total. The molecule has 0 aromatic carbocycles. The van der Waals surface area contributed by atoms with Crippen molar-refractivity contribution in [2.24, 2.45) is 0 Å². The molecule has 0 spiro atoms. The van der Waals surface area contributed by atoms with Crippen molar-refractivity contribution >= 4 is 10.0 Å². The lowest BCUT2D eigenvalue weighted by molar-refractivity contribution is 0.219. The van der Waals surface area contributed by atoms with E-state index in [1.54, 1.807) is 13.2 Å². The van der Waals surface area contributed by atoms with Crippen molar-refractivity contribution in [3.05, 3.63) is 11.6 Å². The summed E-state index contributed by atoms with van der Waals surface area (Å²) < 4.78 is 29.3. The molecule has 1 aliphatic heterocycles. The average molecular weight is 230 g/mol. The average Bonchev–Trinajstić information content (AvgIpc) is 2.19. The van der Waals surface area contributed by atoms with Crippen molar-refractivity contribution in [3.8, 4) is 6.07 Å². The summed E-state index contributed by atoms with van der Waals surface area (Å²) in [4.78, 5) is 0. The van der Waals surface area contributed by atoms with Gasteiger partial charge in [0.05, 0.1) is 12.7 Å². The summed E-state index contributed by atoms with van der Waals surface area (Å²) in [5.41, 5.74) is 1.11. The number of nitrogens with zero attached hydrogens (tertiary/aromatic N) is 2. The lowest BCUT2D eigenvalue weighted by atomic mass is 10.1. The summed E-state index contributed by atoms with van der Waals surface area (Å²) in [6.45, 7) is 1.34. The van der Waals surface area contributed by atoms with Gasteiger partial charge in [0.2, 0.25) is 10.0 Å². The van der Waals surface area contributed by atoms with Gasteiger partial charge in [0.1, 0.15) is 0 Å². The van der Waals surface area contributed by atoms with E-state index in [0.717, 1.165) is 5.57 Å².